The van der Waals surface area contributed by atoms with Crippen LogP contribution in [0.15, 0.2) is 24.3 Å². The van der Waals surface area contributed by atoms with Crippen molar-refractivity contribution in [3.8, 4) is 0 Å². The van der Waals surface area contributed by atoms with Gasteiger partial charge >= 0.3 is 0 Å². The molecule has 0 spiro atoms. The van der Waals surface area contributed by atoms with Gasteiger partial charge in [-0.2, -0.15) is 0 Å². The number of methoxy groups -OCH3 is 1. The predicted molar refractivity (Wildman–Crippen MR) is 77.0 cm³/mol. The quantitative estimate of drug-likeness (QED) is 0.702. The molecule has 1 aromatic carbocycles. The Morgan fingerprint density at radius 3 is 2.79 bits per heavy atom. The molecule has 0 bridgehead atoms. The van der Waals surface area contributed by atoms with Gasteiger partial charge in [0, 0.05) is 26.8 Å². The number of ether oxygens (including phenoxy) is 1. The zero-order chi connectivity index (χ0) is 14.1. The van der Waals surface area contributed by atoms with E-state index in [2.05, 4.69) is 29.7 Å². The van der Waals surface area contributed by atoms with Gasteiger partial charge in [0.05, 0.1) is 6.04 Å². The normalized spacial score (nSPS) is 12.2. The molecule has 0 saturated heterocycles. The summed E-state index contributed by atoms with van der Waals surface area (Å²) in [6.45, 7) is 5.99. The van der Waals surface area contributed by atoms with E-state index in [1.54, 1.807) is 7.11 Å². The minimum atomic E-state index is -0.192. The molecule has 0 heterocycles. The van der Waals surface area contributed by atoms with Crippen LogP contribution in [0.25, 0.3) is 0 Å². The molecule has 0 fully saturated rings. The molecular weight excluding hydrogens is 240 g/mol. The highest BCUT2D eigenvalue weighted by Crippen LogP contribution is 2.06. The van der Waals surface area contributed by atoms with Gasteiger partial charge < -0.3 is 15.4 Å². The molecule has 1 unspecified atom stereocenters. The molecule has 4 nitrogen and oxygen atoms in total. The molecule has 2 N–H and O–H groups in total. The molecule has 1 aromatic rings. The van der Waals surface area contributed by atoms with Crippen LogP contribution in [0.5, 0.6) is 0 Å². The highest BCUT2D eigenvalue weighted by Gasteiger charge is 2.11. The van der Waals surface area contributed by atoms with Gasteiger partial charge in [0.15, 0.2) is 0 Å². The van der Waals surface area contributed by atoms with Crippen LogP contribution in [0.1, 0.15) is 24.5 Å². The van der Waals surface area contributed by atoms with E-state index >= 15 is 0 Å². The number of nitrogens with one attached hydrogen (secondary N) is 2. The van der Waals surface area contributed by atoms with Crippen molar-refractivity contribution in [2.24, 2.45) is 0 Å². The molecule has 0 aliphatic carbocycles. The summed E-state index contributed by atoms with van der Waals surface area (Å²) in [5.41, 5.74) is 2.46. The second-order valence-electron chi connectivity index (χ2n) is 4.67. The Morgan fingerprint density at radius 2 is 2.11 bits per heavy atom. The Hall–Kier alpha value is -1.39. The van der Waals surface area contributed by atoms with Gasteiger partial charge in [-0.15, -0.1) is 0 Å². The first kappa shape index (κ1) is 15.7. The maximum Gasteiger partial charge on any atom is 0.236 e. The fourth-order valence-electron chi connectivity index (χ4n) is 1.75. The number of aryl methyl sites for hydroxylation is 1. The van der Waals surface area contributed by atoms with Crippen LogP contribution in [0.4, 0.5) is 0 Å². The van der Waals surface area contributed by atoms with Crippen molar-refractivity contribution >= 4 is 5.91 Å². The van der Waals surface area contributed by atoms with E-state index in [0.29, 0.717) is 19.7 Å². The maximum atomic E-state index is 11.8. The molecule has 0 aromatic heterocycles. The fraction of sp³-hybridized carbons (Fsp3) is 0.533. The van der Waals surface area contributed by atoms with E-state index in [9.17, 15) is 4.79 Å². The summed E-state index contributed by atoms with van der Waals surface area (Å²) >= 11 is 0. The second kappa shape index (κ2) is 8.67. The summed E-state index contributed by atoms with van der Waals surface area (Å²) in [6.07, 6.45) is 0.840. The number of amides is 1. The van der Waals surface area contributed by atoms with Crippen LogP contribution in [0.2, 0.25) is 0 Å². The van der Waals surface area contributed by atoms with Gasteiger partial charge in [-0.1, -0.05) is 24.3 Å². The number of rotatable bonds is 8. The molecule has 0 aliphatic heterocycles. The lowest BCUT2D eigenvalue weighted by Crippen LogP contribution is -2.42. The lowest BCUT2D eigenvalue weighted by molar-refractivity contribution is -0.122. The van der Waals surface area contributed by atoms with Crippen molar-refractivity contribution in [3.63, 3.8) is 0 Å². The molecule has 1 atom stereocenters. The smallest absolute Gasteiger partial charge is 0.236 e. The third-order valence-electron chi connectivity index (χ3n) is 3.08. The zero-order valence-electron chi connectivity index (χ0n) is 12.0. The number of carbonyl (C=O) groups is 1. The minimum absolute atomic E-state index is 0.0321. The molecular formula is C15H24N2O2. The van der Waals surface area contributed by atoms with Gasteiger partial charge in [0.1, 0.15) is 0 Å². The van der Waals surface area contributed by atoms with Gasteiger partial charge in [-0.3, -0.25) is 4.79 Å². The molecule has 0 radical (unpaired) electrons. The molecule has 19 heavy (non-hydrogen) atoms. The van der Waals surface area contributed by atoms with Crippen molar-refractivity contribution in [2.45, 2.75) is 32.9 Å². The summed E-state index contributed by atoms with van der Waals surface area (Å²) in [7, 11) is 1.66. The first-order valence-electron chi connectivity index (χ1n) is 6.69. The summed E-state index contributed by atoms with van der Waals surface area (Å²) in [6, 6.07) is 7.99. The minimum Gasteiger partial charge on any atom is -0.385 e. The lowest BCUT2D eigenvalue weighted by atomic mass is 10.1. The van der Waals surface area contributed by atoms with Crippen LogP contribution >= 0.6 is 0 Å². The van der Waals surface area contributed by atoms with Crippen molar-refractivity contribution in [2.75, 3.05) is 20.3 Å². The van der Waals surface area contributed by atoms with E-state index in [1.807, 2.05) is 19.1 Å². The Balaban J connectivity index is 2.28. The number of hydrogen-bond donors (Lipinski definition) is 2. The third-order valence-corrected chi connectivity index (χ3v) is 3.08. The summed E-state index contributed by atoms with van der Waals surface area (Å²) in [5, 5.41) is 6.12. The fourth-order valence-corrected chi connectivity index (χ4v) is 1.75. The van der Waals surface area contributed by atoms with Crippen molar-refractivity contribution < 1.29 is 9.53 Å². The Kier molecular flexibility index (Phi) is 7.15. The SMILES string of the molecule is COCCCNC(=O)C(C)NCc1ccccc1C. The predicted octanol–water partition coefficient (Wildman–Crippen LogP) is 1.63. The summed E-state index contributed by atoms with van der Waals surface area (Å²) < 4.78 is 4.94. The molecule has 0 aliphatic rings. The number of hydrogen-bond acceptors (Lipinski definition) is 3. The maximum absolute atomic E-state index is 11.8. The monoisotopic (exact) mass is 264 g/mol. The highest BCUT2D eigenvalue weighted by molar-refractivity contribution is 5.81. The van der Waals surface area contributed by atoms with E-state index in [0.717, 1.165) is 6.42 Å². The standard InChI is InChI=1S/C15H24N2O2/c1-12-7-4-5-8-14(12)11-17-13(2)15(18)16-9-6-10-19-3/h4-5,7-8,13,17H,6,9-11H2,1-3H3,(H,16,18). The summed E-state index contributed by atoms with van der Waals surface area (Å²) in [4.78, 5) is 11.8. The van der Waals surface area contributed by atoms with E-state index in [-0.39, 0.29) is 11.9 Å². The molecule has 1 rings (SSSR count). The van der Waals surface area contributed by atoms with Gasteiger partial charge in [-0.25, -0.2) is 0 Å². The van der Waals surface area contributed by atoms with Crippen LogP contribution in [-0.4, -0.2) is 32.2 Å². The van der Waals surface area contributed by atoms with Crippen LogP contribution in [0, 0.1) is 6.92 Å². The van der Waals surface area contributed by atoms with Crippen molar-refractivity contribution in [1.82, 2.24) is 10.6 Å². The van der Waals surface area contributed by atoms with Crippen molar-refractivity contribution in [3.05, 3.63) is 35.4 Å². The van der Waals surface area contributed by atoms with Gasteiger partial charge in [0.2, 0.25) is 5.91 Å². The Morgan fingerprint density at radius 1 is 1.37 bits per heavy atom. The molecule has 0 saturated carbocycles. The molecule has 4 heteroatoms. The third kappa shape index (κ3) is 5.85. The molecule has 106 valence electrons. The zero-order valence-corrected chi connectivity index (χ0v) is 12.0. The first-order valence-corrected chi connectivity index (χ1v) is 6.69. The number of benzene rings is 1. The lowest BCUT2D eigenvalue weighted by Gasteiger charge is -2.15. The Bertz CT molecular complexity index is 393. The average molecular weight is 264 g/mol. The van der Waals surface area contributed by atoms with E-state index in [4.69, 9.17) is 4.74 Å². The van der Waals surface area contributed by atoms with Crippen LogP contribution in [-0.2, 0) is 16.1 Å². The van der Waals surface area contributed by atoms with Gasteiger partial charge in [0.25, 0.3) is 0 Å². The topological polar surface area (TPSA) is 50.4 Å². The average Bonchev–Trinajstić information content (AvgIpc) is 2.42. The number of carbonyl (C=O) groups excluding carboxylic acids is 1. The van der Waals surface area contributed by atoms with Gasteiger partial charge in [-0.05, 0) is 31.4 Å². The Labute approximate surface area is 115 Å². The van der Waals surface area contributed by atoms with Crippen LogP contribution < -0.4 is 10.6 Å². The van der Waals surface area contributed by atoms with E-state index in [1.165, 1.54) is 11.1 Å². The highest BCUT2D eigenvalue weighted by atomic mass is 16.5. The second-order valence-corrected chi connectivity index (χ2v) is 4.67. The van der Waals surface area contributed by atoms with Crippen molar-refractivity contribution in [1.29, 1.82) is 0 Å². The largest absolute Gasteiger partial charge is 0.385 e. The van der Waals surface area contributed by atoms with Crippen LogP contribution in [0.3, 0.4) is 0 Å². The first-order chi connectivity index (χ1) is 9.15. The summed E-state index contributed by atoms with van der Waals surface area (Å²) in [5.74, 6) is 0.0321. The molecule has 1 amide bonds. The van der Waals surface area contributed by atoms with E-state index < -0.39 is 0 Å².